The van der Waals surface area contributed by atoms with E-state index < -0.39 is 30.7 Å². The molecule has 0 amide bonds. The predicted molar refractivity (Wildman–Crippen MR) is 233 cm³/mol. The molecule has 3 aliphatic heterocycles. The second-order valence-corrected chi connectivity index (χ2v) is 16.1. The smallest absolute Gasteiger partial charge is 0.184 e. The highest BCUT2D eigenvalue weighted by atomic mass is 127. The molecule has 340 valence electrons. The Hall–Kier alpha value is -4.08. The molecule has 1 fully saturated rings. The van der Waals surface area contributed by atoms with Gasteiger partial charge in [0.15, 0.2) is 62.4 Å². The molecule has 0 saturated carbocycles. The number of aromatic nitrogens is 8. The Morgan fingerprint density at radius 3 is 1.06 bits per heavy atom. The number of aromatic amines is 2. The molecule has 0 radical (unpaired) electrons. The van der Waals surface area contributed by atoms with Gasteiger partial charge < -0.3 is 131 Å². The van der Waals surface area contributed by atoms with Crippen LogP contribution < -0.4 is 114 Å². The number of hydrogen-bond donors (Lipinski definition) is 6. The Balaban J connectivity index is 0.00000180. The first-order chi connectivity index (χ1) is 30.1. The highest BCUT2D eigenvalue weighted by molar-refractivity contribution is 5.99. The number of H-pyrrole nitrogens is 2. The summed E-state index contributed by atoms with van der Waals surface area (Å²) in [5, 5.41) is 41.1. The number of nitrogens with one attached hydrogen (secondary N) is 2. The Bertz CT molecular complexity index is 3050. The van der Waals surface area contributed by atoms with E-state index in [0.29, 0.717) is 0 Å². The SMILES string of the molecule is C[n+]1ccc(-c2c3nc(c(-c4cc[n+](C)cc4)c4ccc([nH]4)c(-c4cc[n+](C[C@H]5OC(O)[C@H](O)[C@@H](O)[C@H]5O)cc4)c4nc(c(-c5cc[n+](C)cc5)c5ccc2[nH]5)C=C4)C=C3)cc1.[I-].[I-].[I-].[I-]. The number of aliphatic hydroxyl groups excluding tert-OH is 4. The van der Waals surface area contributed by atoms with Crippen molar-refractivity contribution in [2.45, 2.75) is 37.3 Å². The van der Waals surface area contributed by atoms with E-state index in [9.17, 15) is 20.4 Å². The first kappa shape index (κ1) is 51.3. The van der Waals surface area contributed by atoms with Crippen molar-refractivity contribution in [3.63, 3.8) is 0 Å². The number of nitrogens with zero attached hydrogens (tertiary/aromatic N) is 6. The van der Waals surface area contributed by atoms with Crippen molar-refractivity contribution in [1.82, 2.24) is 19.9 Å². The number of pyridine rings is 4. The normalized spacial score (nSPS) is 18.4. The van der Waals surface area contributed by atoms with Gasteiger partial charge in [0.2, 0.25) is 0 Å². The average Bonchev–Trinajstić information content (AvgIpc) is 4.13. The summed E-state index contributed by atoms with van der Waals surface area (Å²) in [6.07, 6.45) is 17.1. The lowest BCUT2D eigenvalue weighted by molar-refractivity contribution is -0.707. The molecule has 8 bridgehead atoms. The summed E-state index contributed by atoms with van der Waals surface area (Å²) < 4.78 is 13.3. The molecular weight excluding hydrogens is 1290 g/mol. The van der Waals surface area contributed by atoms with Gasteiger partial charge >= 0.3 is 0 Å². The average molecular weight is 1330 g/mol. The zero-order chi connectivity index (χ0) is 42.6. The second kappa shape index (κ2) is 21.5. The van der Waals surface area contributed by atoms with Crippen LogP contribution in [0.15, 0.2) is 122 Å². The number of aryl methyl sites for hydroxylation is 3. The number of ether oxygens (including phenoxy) is 1. The molecule has 0 aliphatic carbocycles. The van der Waals surface area contributed by atoms with E-state index in [-0.39, 0.29) is 102 Å². The van der Waals surface area contributed by atoms with Gasteiger partial charge in [-0.3, -0.25) is 0 Å². The Morgan fingerprint density at radius 1 is 0.439 bits per heavy atom. The van der Waals surface area contributed by atoms with E-state index in [1.807, 2.05) is 103 Å². The zero-order valence-electron chi connectivity index (χ0n) is 35.8. The van der Waals surface area contributed by atoms with Crippen LogP contribution in [0.25, 0.3) is 90.9 Å². The van der Waals surface area contributed by atoms with Crippen molar-refractivity contribution in [2.75, 3.05) is 0 Å². The van der Waals surface area contributed by atoms with Crippen LogP contribution in [0.4, 0.5) is 0 Å². The summed E-state index contributed by atoms with van der Waals surface area (Å²) in [5.41, 5.74) is 14.3. The number of hydrogen-bond acceptors (Lipinski definition) is 7. The molecule has 7 aromatic heterocycles. The lowest BCUT2D eigenvalue weighted by atomic mass is 9.99. The van der Waals surface area contributed by atoms with Crippen molar-refractivity contribution < 1.29 is 139 Å². The fraction of sp³-hybridized carbons (Fsp3) is 0.184. The molecule has 1 saturated heterocycles. The fourth-order valence-corrected chi connectivity index (χ4v) is 8.46. The Morgan fingerprint density at radius 2 is 0.742 bits per heavy atom. The van der Waals surface area contributed by atoms with Gasteiger partial charge in [0, 0.05) is 92.9 Å². The summed E-state index contributed by atoms with van der Waals surface area (Å²) >= 11 is 0. The minimum absolute atomic E-state index is 0. The van der Waals surface area contributed by atoms with Crippen LogP contribution in [0.2, 0.25) is 0 Å². The van der Waals surface area contributed by atoms with Crippen molar-refractivity contribution in [3.05, 3.63) is 145 Å². The molecule has 0 aromatic carbocycles. The van der Waals surface area contributed by atoms with Gasteiger partial charge in [0.25, 0.3) is 0 Å². The van der Waals surface area contributed by atoms with Gasteiger partial charge in [-0.15, -0.1) is 0 Å². The predicted octanol–water partition coefficient (Wildman–Crippen LogP) is -8.10. The molecule has 10 heterocycles. The molecule has 5 atom stereocenters. The van der Waals surface area contributed by atoms with E-state index in [2.05, 4.69) is 88.9 Å². The largest absolute Gasteiger partial charge is 1.00 e. The zero-order valence-corrected chi connectivity index (χ0v) is 44.5. The molecule has 17 heteroatoms. The summed E-state index contributed by atoms with van der Waals surface area (Å²) in [6, 6.07) is 24.9. The van der Waals surface area contributed by atoms with Gasteiger partial charge in [-0.25, -0.2) is 28.2 Å². The first-order valence-corrected chi connectivity index (χ1v) is 20.5. The first-order valence-electron chi connectivity index (χ1n) is 20.5. The molecule has 10 rings (SSSR count). The summed E-state index contributed by atoms with van der Waals surface area (Å²) in [6.45, 7) is 0.123. The highest BCUT2D eigenvalue weighted by Gasteiger charge is 2.44. The van der Waals surface area contributed by atoms with Gasteiger partial charge in [-0.2, -0.15) is 0 Å². The third kappa shape index (κ3) is 10.0. The van der Waals surface area contributed by atoms with Crippen molar-refractivity contribution in [1.29, 1.82) is 0 Å². The monoisotopic (exact) mass is 1330 g/mol. The summed E-state index contributed by atoms with van der Waals surface area (Å²) in [7, 11) is 6.01. The van der Waals surface area contributed by atoms with Crippen molar-refractivity contribution in [3.8, 4) is 44.5 Å². The lowest BCUT2D eigenvalue weighted by Crippen LogP contribution is -3.00. The van der Waals surface area contributed by atoms with Crippen LogP contribution in [-0.4, -0.2) is 71.1 Å². The molecular formula is C49H46I4N8O5. The molecule has 3 aliphatic rings. The highest BCUT2D eigenvalue weighted by Crippen LogP contribution is 2.38. The van der Waals surface area contributed by atoms with Gasteiger partial charge in [-0.05, 0) is 70.8 Å². The third-order valence-electron chi connectivity index (χ3n) is 11.8. The van der Waals surface area contributed by atoms with E-state index in [0.717, 1.165) is 89.4 Å². The number of halogens is 4. The number of aliphatic hydroxyl groups is 4. The maximum Gasteiger partial charge on any atom is 0.184 e. The van der Waals surface area contributed by atoms with Crippen LogP contribution >= 0.6 is 0 Å². The minimum atomic E-state index is -1.62. The van der Waals surface area contributed by atoms with Crippen molar-refractivity contribution in [2.24, 2.45) is 21.1 Å². The molecule has 6 N–H and O–H groups in total. The van der Waals surface area contributed by atoms with Crippen LogP contribution in [0.1, 0.15) is 22.8 Å². The second-order valence-electron chi connectivity index (χ2n) is 16.1. The Kier molecular flexibility index (Phi) is 16.7. The quantitative estimate of drug-likeness (QED) is 0.0713. The topological polar surface area (TPSA) is 163 Å². The van der Waals surface area contributed by atoms with Gasteiger partial charge in [0.05, 0.1) is 22.8 Å². The number of fused-ring (bicyclic) bond motifs is 8. The third-order valence-corrected chi connectivity index (χ3v) is 11.8. The van der Waals surface area contributed by atoms with Crippen LogP contribution in [0.5, 0.6) is 0 Å². The standard InChI is InChI=1S/C49H45N8O5.4HI/c1-54-20-12-29(13-21-54)42-33-4-6-35(50-33)43(30-14-22-55(2)23-15-30)37-8-10-39(52-37)45(32-18-26-57(27-19-32)28-41-46(58)47(59)48(60)49(61)62-41)40-11-9-38(53-40)44(36-7-5-34(42)51-36)31-16-24-56(3)25-17-31;;;;/h4-27,41,46-49,58-61H,28H2,1-3H3,(H,50,51,52,53);4*1H/q+3;;;;/p-3/t41-,46+,47+,48-,49?;;;;/m1..../s1. The van der Waals surface area contributed by atoms with E-state index in [4.69, 9.17) is 14.7 Å². The molecule has 66 heavy (non-hydrogen) atoms. The van der Waals surface area contributed by atoms with Gasteiger partial charge in [0.1, 0.15) is 45.6 Å². The van der Waals surface area contributed by atoms with E-state index in [1.165, 1.54) is 0 Å². The van der Waals surface area contributed by atoms with E-state index >= 15 is 0 Å². The van der Waals surface area contributed by atoms with Crippen LogP contribution in [0, 0.1) is 0 Å². The molecule has 1 unspecified atom stereocenters. The Labute approximate surface area is 449 Å². The maximum absolute atomic E-state index is 10.7. The summed E-state index contributed by atoms with van der Waals surface area (Å²) in [5.74, 6) is 0. The maximum atomic E-state index is 10.7. The molecule has 13 nitrogen and oxygen atoms in total. The number of rotatable bonds is 6. The lowest BCUT2D eigenvalue weighted by Gasteiger charge is -2.36. The van der Waals surface area contributed by atoms with Gasteiger partial charge in [-0.1, -0.05) is 0 Å². The van der Waals surface area contributed by atoms with Crippen molar-refractivity contribution >= 4 is 46.4 Å². The minimum Gasteiger partial charge on any atom is -1.00 e. The molecule has 0 spiro atoms. The van der Waals surface area contributed by atoms with Crippen LogP contribution in [0.3, 0.4) is 0 Å². The molecule has 7 aromatic rings. The summed E-state index contributed by atoms with van der Waals surface area (Å²) in [4.78, 5) is 18.4. The fourth-order valence-electron chi connectivity index (χ4n) is 8.46. The van der Waals surface area contributed by atoms with E-state index in [1.54, 1.807) is 4.57 Å². The van der Waals surface area contributed by atoms with Crippen LogP contribution in [-0.2, 0) is 32.4 Å².